The van der Waals surface area contributed by atoms with Crippen molar-refractivity contribution in [2.75, 3.05) is 19.6 Å². The van der Waals surface area contributed by atoms with Gasteiger partial charge in [-0.25, -0.2) is 0 Å². The van der Waals surface area contributed by atoms with Crippen LogP contribution in [0.4, 0.5) is 0 Å². The summed E-state index contributed by atoms with van der Waals surface area (Å²) in [7, 11) is 0. The summed E-state index contributed by atoms with van der Waals surface area (Å²) in [5, 5.41) is 3.37. The van der Waals surface area contributed by atoms with Gasteiger partial charge in [-0.2, -0.15) is 0 Å². The van der Waals surface area contributed by atoms with E-state index in [-0.39, 0.29) is 6.17 Å². The summed E-state index contributed by atoms with van der Waals surface area (Å²) >= 11 is 0. The smallest absolute Gasteiger partial charge is 0.0678 e. The Hall–Kier alpha value is -0.120. The van der Waals surface area contributed by atoms with Crippen LogP contribution >= 0.6 is 0 Å². The third kappa shape index (κ3) is 2.42. The second-order valence-electron chi connectivity index (χ2n) is 4.37. The Kier molecular flexibility index (Phi) is 3.19. The van der Waals surface area contributed by atoms with Crippen LogP contribution in [0.25, 0.3) is 0 Å². The molecule has 0 bridgehead atoms. The summed E-state index contributed by atoms with van der Waals surface area (Å²) in [4.78, 5) is 2.58. The predicted molar refractivity (Wildman–Crippen MR) is 54.4 cm³/mol. The van der Waals surface area contributed by atoms with Crippen LogP contribution in [0.15, 0.2) is 0 Å². The van der Waals surface area contributed by atoms with Crippen molar-refractivity contribution in [1.29, 1.82) is 0 Å². The Morgan fingerprint density at radius 2 is 2.00 bits per heavy atom. The molecule has 0 aromatic carbocycles. The maximum Gasteiger partial charge on any atom is 0.0678 e. The fourth-order valence-electron chi connectivity index (χ4n) is 2.49. The Morgan fingerprint density at radius 1 is 1.15 bits per heavy atom. The lowest BCUT2D eigenvalue weighted by atomic mass is 10.00. The van der Waals surface area contributed by atoms with Crippen molar-refractivity contribution in [3.05, 3.63) is 0 Å². The summed E-state index contributed by atoms with van der Waals surface area (Å²) in [6.45, 7) is 3.41. The number of nitrogens with two attached hydrogens (primary N) is 1. The number of fused-ring (bicyclic) bond motifs is 1. The molecular formula is C10H21N3. The Balaban J connectivity index is 1.91. The highest BCUT2D eigenvalue weighted by Gasteiger charge is 2.25. The molecule has 2 atom stereocenters. The van der Waals surface area contributed by atoms with Crippen molar-refractivity contribution < 1.29 is 0 Å². The third-order valence-electron chi connectivity index (χ3n) is 3.30. The molecule has 0 aliphatic carbocycles. The first kappa shape index (κ1) is 9.44. The highest BCUT2D eigenvalue weighted by molar-refractivity contribution is 4.84. The molecule has 3 heteroatoms. The lowest BCUT2D eigenvalue weighted by Gasteiger charge is -2.40. The fourth-order valence-corrected chi connectivity index (χ4v) is 2.49. The molecule has 76 valence electrons. The zero-order chi connectivity index (χ0) is 9.10. The SMILES string of the molecule is NC1CN2CCCCCCC2CN1. The van der Waals surface area contributed by atoms with E-state index < -0.39 is 0 Å². The molecule has 2 heterocycles. The molecule has 0 amide bonds. The zero-order valence-electron chi connectivity index (χ0n) is 8.34. The zero-order valence-corrected chi connectivity index (χ0v) is 8.34. The quantitative estimate of drug-likeness (QED) is 0.575. The minimum atomic E-state index is 0.204. The number of hydrogen-bond donors (Lipinski definition) is 2. The van der Waals surface area contributed by atoms with E-state index in [0.29, 0.717) is 0 Å². The topological polar surface area (TPSA) is 41.3 Å². The Labute approximate surface area is 80.7 Å². The molecule has 0 radical (unpaired) electrons. The lowest BCUT2D eigenvalue weighted by molar-refractivity contribution is 0.113. The van der Waals surface area contributed by atoms with Crippen molar-refractivity contribution in [3.8, 4) is 0 Å². The molecule has 2 rings (SSSR count). The minimum Gasteiger partial charge on any atom is -0.315 e. The standard InChI is InChI=1S/C10H21N3/c11-10-8-13-6-4-2-1-3-5-9(13)7-12-10/h9-10,12H,1-8,11H2. The lowest BCUT2D eigenvalue weighted by Crippen LogP contribution is -2.60. The minimum absolute atomic E-state index is 0.204. The molecule has 0 saturated carbocycles. The normalized spacial score (nSPS) is 37.6. The van der Waals surface area contributed by atoms with Gasteiger partial charge >= 0.3 is 0 Å². The van der Waals surface area contributed by atoms with Crippen LogP contribution in [0.3, 0.4) is 0 Å². The van der Waals surface area contributed by atoms with Gasteiger partial charge < -0.3 is 5.73 Å². The maximum atomic E-state index is 5.88. The largest absolute Gasteiger partial charge is 0.315 e. The molecule has 2 aliphatic rings. The van der Waals surface area contributed by atoms with Gasteiger partial charge in [0, 0.05) is 19.1 Å². The summed E-state index contributed by atoms with van der Waals surface area (Å²) in [5.41, 5.74) is 5.88. The molecule has 3 N–H and O–H groups in total. The number of rotatable bonds is 0. The van der Waals surface area contributed by atoms with Crippen molar-refractivity contribution in [3.63, 3.8) is 0 Å². The highest BCUT2D eigenvalue weighted by atomic mass is 15.3. The first-order chi connectivity index (χ1) is 6.36. The average molecular weight is 183 g/mol. The van der Waals surface area contributed by atoms with Crippen LogP contribution in [0.5, 0.6) is 0 Å². The molecule has 2 unspecified atom stereocenters. The van der Waals surface area contributed by atoms with Crippen LogP contribution < -0.4 is 11.1 Å². The van der Waals surface area contributed by atoms with E-state index in [1.54, 1.807) is 0 Å². The van der Waals surface area contributed by atoms with Gasteiger partial charge in [-0.3, -0.25) is 10.2 Å². The van der Waals surface area contributed by atoms with Gasteiger partial charge in [-0.05, 0) is 19.4 Å². The summed E-state index contributed by atoms with van der Waals surface area (Å²) < 4.78 is 0. The van der Waals surface area contributed by atoms with Gasteiger partial charge in [0.15, 0.2) is 0 Å². The van der Waals surface area contributed by atoms with Crippen molar-refractivity contribution in [1.82, 2.24) is 10.2 Å². The second kappa shape index (κ2) is 4.40. The number of hydrogen-bond acceptors (Lipinski definition) is 3. The molecular weight excluding hydrogens is 162 g/mol. The monoisotopic (exact) mass is 183 g/mol. The van der Waals surface area contributed by atoms with Crippen LogP contribution in [0, 0.1) is 0 Å². The first-order valence-electron chi connectivity index (χ1n) is 5.59. The van der Waals surface area contributed by atoms with Gasteiger partial charge in [0.2, 0.25) is 0 Å². The van der Waals surface area contributed by atoms with E-state index in [2.05, 4.69) is 10.2 Å². The Bertz CT molecular complexity index is 158. The molecule has 2 fully saturated rings. The number of nitrogens with zero attached hydrogens (tertiary/aromatic N) is 1. The number of nitrogens with one attached hydrogen (secondary N) is 1. The van der Waals surface area contributed by atoms with Gasteiger partial charge in [0.05, 0.1) is 6.17 Å². The van der Waals surface area contributed by atoms with Crippen LogP contribution in [-0.2, 0) is 0 Å². The van der Waals surface area contributed by atoms with E-state index >= 15 is 0 Å². The molecule has 3 nitrogen and oxygen atoms in total. The average Bonchev–Trinajstić information content (AvgIpc) is 2.08. The van der Waals surface area contributed by atoms with Gasteiger partial charge in [0.25, 0.3) is 0 Å². The highest BCUT2D eigenvalue weighted by Crippen LogP contribution is 2.17. The van der Waals surface area contributed by atoms with Crippen LogP contribution in [0.1, 0.15) is 32.1 Å². The van der Waals surface area contributed by atoms with Crippen molar-refractivity contribution in [2.45, 2.75) is 44.3 Å². The van der Waals surface area contributed by atoms with Gasteiger partial charge in [0.1, 0.15) is 0 Å². The molecule has 0 spiro atoms. The Morgan fingerprint density at radius 3 is 2.92 bits per heavy atom. The molecule has 0 aromatic heterocycles. The fraction of sp³-hybridized carbons (Fsp3) is 1.00. The molecule has 13 heavy (non-hydrogen) atoms. The molecule has 2 aliphatic heterocycles. The van der Waals surface area contributed by atoms with E-state index in [1.807, 2.05) is 0 Å². The molecule has 2 saturated heterocycles. The van der Waals surface area contributed by atoms with Gasteiger partial charge in [-0.1, -0.05) is 19.3 Å². The summed E-state index contributed by atoms with van der Waals surface area (Å²) in [6.07, 6.45) is 7.17. The summed E-state index contributed by atoms with van der Waals surface area (Å²) in [6, 6.07) is 0.764. The van der Waals surface area contributed by atoms with Crippen LogP contribution in [-0.4, -0.2) is 36.7 Å². The van der Waals surface area contributed by atoms with E-state index in [4.69, 9.17) is 5.73 Å². The van der Waals surface area contributed by atoms with E-state index in [9.17, 15) is 0 Å². The predicted octanol–water partition coefficient (Wildman–Crippen LogP) is 0.509. The van der Waals surface area contributed by atoms with Crippen LogP contribution in [0.2, 0.25) is 0 Å². The van der Waals surface area contributed by atoms with Gasteiger partial charge in [-0.15, -0.1) is 0 Å². The number of piperazine rings is 1. The second-order valence-corrected chi connectivity index (χ2v) is 4.37. The maximum absolute atomic E-state index is 5.88. The molecule has 0 aromatic rings. The third-order valence-corrected chi connectivity index (χ3v) is 3.30. The van der Waals surface area contributed by atoms with E-state index in [0.717, 1.165) is 19.1 Å². The van der Waals surface area contributed by atoms with Crippen molar-refractivity contribution >= 4 is 0 Å². The van der Waals surface area contributed by atoms with Crippen molar-refractivity contribution in [2.24, 2.45) is 5.73 Å². The first-order valence-corrected chi connectivity index (χ1v) is 5.59. The van der Waals surface area contributed by atoms with E-state index in [1.165, 1.54) is 38.6 Å². The summed E-state index contributed by atoms with van der Waals surface area (Å²) in [5.74, 6) is 0.